The lowest BCUT2D eigenvalue weighted by Crippen LogP contribution is -2.39. The third-order valence-electron chi connectivity index (χ3n) is 1.18. The van der Waals surface area contributed by atoms with Gasteiger partial charge in [-0.3, -0.25) is 4.79 Å². The van der Waals surface area contributed by atoms with Gasteiger partial charge in [-0.2, -0.15) is 12.6 Å². The summed E-state index contributed by atoms with van der Waals surface area (Å²) in [6.45, 7) is 5.05. The van der Waals surface area contributed by atoms with Gasteiger partial charge in [0.2, 0.25) is 0 Å². The molecule has 0 fully saturated rings. The van der Waals surface area contributed by atoms with Crippen molar-refractivity contribution in [3.05, 3.63) is 0 Å². The Labute approximate surface area is 72.2 Å². The van der Waals surface area contributed by atoms with Crippen molar-refractivity contribution >= 4 is 18.6 Å². The van der Waals surface area contributed by atoms with Crippen molar-refractivity contribution in [2.24, 2.45) is 0 Å². The maximum Gasteiger partial charge on any atom is 0.321 e. The van der Waals surface area contributed by atoms with Crippen molar-refractivity contribution in [2.45, 2.75) is 31.6 Å². The van der Waals surface area contributed by atoms with Gasteiger partial charge in [0.25, 0.3) is 0 Å². The predicted molar refractivity (Wildman–Crippen MR) is 45.7 cm³/mol. The fourth-order valence-corrected chi connectivity index (χ4v) is 0.584. The first-order valence-electron chi connectivity index (χ1n) is 3.46. The number of esters is 1. The molecule has 0 aliphatic heterocycles. The van der Waals surface area contributed by atoms with Crippen molar-refractivity contribution in [3.63, 3.8) is 0 Å². The molecule has 0 amide bonds. The van der Waals surface area contributed by atoms with Crippen molar-refractivity contribution in [3.8, 4) is 0 Å². The van der Waals surface area contributed by atoms with Crippen LogP contribution in [0.1, 0.15) is 20.8 Å². The molecule has 0 aromatic heterocycles. The Bertz CT molecular complexity index is 139. The highest BCUT2D eigenvalue weighted by Gasteiger charge is 2.30. The number of carbonyl (C=O) groups excluding carboxylic acids is 1. The van der Waals surface area contributed by atoms with Gasteiger partial charge in [0.05, 0.1) is 12.2 Å². The van der Waals surface area contributed by atoms with Crippen LogP contribution >= 0.6 is 12.6 Å². The number of ether oxygens (including phenoxy) is 1. The van der Waals surface area contributed by atoms with Crippen LogP contribution in [0.15, 0.2) is 0 Å². The molecule has 0 bridgehead atoms. The summed E-state index contributed by atoms with van der Waals surface area (Å²) in [6.07, 6.45) is 0. The largest absolute Gasteiger partial charge is 0.465 e. The molecule has 0 saturated heterocycles. The highest BCUT2D eigenvalue weighted by Crippen LogP contribution is 2.15. The maximum atomic E-state index is 10.9. The van der Waals surface area contributed by atoms with Crippen LogP contribution in [0.4, 0.5) is 0 Å². The van der Waals surface area contributed by atoms with E-state index in [4.69, 9.17) is 0 Å². The smallest absolute Gasteiger partial charge is 0.321 e. The lowest BCUT2D eigenvalue weighted by atomic mass is 10.1. The maximum absolute atomic E-state index is 10.9. The number of aliphatic hydroxyl groups is 1. The van der Waals surface area contributed by atoms with Gasteiger partial charge < -0.3 is 9.84 Å². The fraction of sp³-hybridized carbons (Fsp3) is 0.857. The first-order chi connectivity index (χ1) is 4.89. The Morgan fingerprint density at radius 1 is 1.73 bits per heavy atom. The molecular formula is C7H14O3S. The highest BCUT2D eigenvalue weighted by atomic mass is 32.1. The molecule has 0 aliphatic rings. The summed E-state index contributed by atoms with van der Waals surface area (Å²) in [5.74, 6) is -0.483. The van der Waals surface area contributed by atoms with Gasteiger partial charge in [-0.25, -0.2) is 0 Å². The Hall–Kier alpha value is -0.220. The van der Waals surface area contributed by atoms with Crippen molar-refractivity contribution in [2.75, 3.05) is 6.61 Å². The molecular weight excluding hydrogens is 164 g/mol. The lowest BCUT2D eigenvalue weighted by Gasteiger charge is -2.22. The van der Waals surface area contributed by atoms with Crippen LogP contribution in [0.3, 0.4) is 0 Å². The van der Waals surface area contributed by atoms with Crippen molar-refractivity contribution in [1.29, 1.82) is 0 Å². The third kappa shape index (κ3) is 3.62. The summed E-state index contributed by atoms with van der Waals surface area (Å²) in [7, 11) is 0. The molecule has 11 heavy (non-hydrogen) atoms. The van der Waals surface area contributed by atoms with E-state index in [0.29, 0.717) is 6.61 Å². The van der Waals surface area contributed by atoms with Crippen molar-refractivity contribution < 1.29 is 14.6 Å². The molecule has 1 N–H and O–H groups in total. The first kappa shape index (κ1) is 10.8. The summed E-state index contributed by atoms with van der Waals surface area (Å²) in [5, 5.41) is 8.53. The first-order valence-corrected chi connectivity index (χ1v) is 3.98. The molecule has 1 atom stereocenters. The molecule has 3 nitrogen and oxygen atoms in total. The van der Waals surface area contributed by atoms with Crippen LogP contribution in [0.2, 0.25) is 0 Å². The quantitative estimate of drug-likeness (QED) is 0.492. The summed E-state index contributed by atoms with van der Waals surface area (Å²) >= 11 is 3.91. The highest BCUT2D eigenvalue weighted by molar-refractivity contribution is 7.81. The van der Waals surface area contributed by atoms with Crippen LogP contribution < -0.4 is 0 Å². The topological polar surface area (TPSA) is 46.5 Å². The van der Waals surface area contributed by atoms with E-state index in [1.807, 2.05) is 0 Å². The van der Waals surface area contributed by atoms with Gasteiger partial charge in [0, 0.05) is 0 Å². The van der Waals surface area contributed by atoms with Gasteiger partial charge in [-0.15, -0.1) is 0 Å². The monoisotopic (exact) mass is 178 g/mol. The van der Waals surface area contributed by atoms with E-state index in [2.05, 4.69) is 17.4 Å². The zero-order valence-corrected chi connectivity index (χ0v) is 7.89. The molecule has 66 valence electrons. The van der Waals surface area contributed by atoms with E-state index in [9.17, 15) is 9.90 Å². The Morgan fingerprint density at radius 2 is 2.18 bits per heavy atom. The molecule has 0 aromatic rings. The Kier molecular flexibility index (Phi) is 3.89. The number of hydrogen-bond acceptors (Lipinski definition) is 4. The predicted octanol–water partition coefficient (Wildman–Crippen LogP) is 0.619. The average Bonchev–Trinajstić information content (AvgIpc) is 1.85. The molecule has 4 heteroatoms. The molecule has 0 aliphatic carbocycles. The van der Waals surface area contributed by atoms with Crippen LogP contribution in [0.25, 0.3) is 0 Å². The molecule has 1 unspecified atom stereocenters. The number of thiol groups is 1. The zero-order valence-electron chi connectivity index (χ0n) is 7.00. The SMILES string of the molecule is CCOC(=O)C(S)C(C)(C)O. The summed E-state index contributed by atoms with van der Waals surface area (Å²) in [6, 6.07) is 0. The average molecular weight is 178 g/mol. The second-order valence-electron chi connectivity index (χ2n) is 2.81. The van der Waals surface area contributed by atoms with Gasteiger partial charge in [-0.1, -0.05) is 0 Å². The van der Waals surface area contributed by atoms with Crippen LogP contribution in [-0.2, 0) is 9.53 Å². The van der Waals surface area contributed by atoms with Gasteiger partial charge in [0.15, 0.2) is 0 Å². The van der Waals surface area contributed by atoms with Gasteiger partial charge in [0.1, 0.15) is 5.25 Å². The molecule has 0 heterocycles. The van der Waals surface area contributed by atoms with E-state index >= 15 is 0 Å². The van der Waals surface area contributed by atoms with E-state index in [1.165, 1.54) is 13.8 Å². The number of carbonyl (C=O) groups is 1. The van der Waals surface area contributed by atoms with E-state index in [1.54, 1.807) is 6.92 Å². The lowest BCUT2D eigenvalue weighted by molar-refractivity contribution is -0.146. The molecule has 0 rings (SSSR count). The molecule has 0 saturated carbocycles. The zero-order chi connectivity index (χ0) is 9.07. The van der Waals surface area contributed by atoms with Crippen LogP contribution in [-0.4, -0.2) is 28.5 Å². The molecule has 0 radical (unpaired) electrons. The molecule has 0 aromatic carbocycles. The van der Waals surface area contributed by atoms with Gasteiger partial charge >= 0.3 is 5.97 Å². The fourth-order valence-electron chi connectivity index (χ4n) is 0.510. The molecule has 0 spiro atoms. The van der Waals surface area contributed by atoms with Gasteiger partial charge in [-0.05, 0) is 20.8 Å². The Balaban J connectivity index is 4.03. The minimum absolute atomic E-state index is 0.311. The Morgan fingerprint density at radius 3 is 2.45 bits per heavy atom. The van der Waals surface area contributed by atoms with E-state index < -0.39 is 16.8 Å². The van der Waals surface area contributed by atoms with Crippen LogP contribution in [0, 0.1) is 0 Å². The number of rotatable bonds is 3. The standard InChI is InChI=1S/C7H14O3S/c1-4-10-6(8)5(11)7(2,3)9/h5,9,11H,4H2,1-3H3. The second kappa shape index (κ2) is 3.97. The number of hydrogen-bond donors (Lipinski definition) is 2. The summed E-state index contributed by atoms with van der Waals surface area (Å²) in [4.78, 5) is 10.9. The minimum Gasteiger partial charge on any atom is -0.465 e. The van der Waals surface area contributed by atoms with Crippen molar-refractivity contribution in [1.82, 2.24) is 0 Å². The summed E-state index contributed by atoms with van der Waals surface area (Å²) in [5.41, 5.74) is -1.13. The van der Waals surface area contributed by atoms with E-state index in [-0.39, 0.29) is 0 Å². The second-order valence-corrected chi connectivity index (χ2v) is 3.32. The van der Waals surface area contributed by atoms with E-state index in [0.717, 1.165) is 0 Å². The third-order valence-corrected chi connectivity index (χ3v) is 2.02. The van der Waals surface area contributed by atoms with Crippen LogP contribution in [0.5, 0.6) is 0 Å². The normalized spacial score (nSPS) is 14.3. The minimum atomic E-state index is -1.13. The summed E-state index contributed by atoms with van der Waals surface area (Å²) < 4.78 is 4.65.